The van der Waals surface area contributed by atoms with Crippen LogP contribution in [0.5, 0.6) is 0 Å². The Kier molecular flexibility index (Phi) is 4.35. The fourth-order valence-electron chi connectivity index (χ4n) is 1.33. The van der Waals surface area contributed by atoms with E-state index in [2.05, 4.69) is 0 Å². The fraction of sp³-hybridized carbons (Fsp3) is 0.462. The minimum Gasteiger partial charge on any atom is -0.457 e. The average Bonchev–Trinajstić information content (AvgIpc) is 2.26. The van der Waals surface area contributed by atoms with Crippen molar-refractivity contribution in [2.24, 2.45) is 5.92 Å². The van der Waals surface area contributed by atoms with Crippen molar-refractivity contribution in [3.8, 4) is 0 Å². The highest BCUT2D eigenvalue weighted by Gasteiger charge is 2.16. The van der Waals surface area contributed by atoms with E-state index in [-0.39, 0.29) is 18.0 Å². The number of hydrogen-bond donors (Lipinski definition) is 0. The van der Waals surface area contributed by atoms with Gasteiger partial charge in [-0.05, 0) is 12.0 Å². The van der Waals surface area contributed by atoms with Gasteiger partial charge in [0.1, 0.15) is 6.10 Å². The molecular weight excluding hydrogens is 188 g/mol. The molecule has 0 aromatic heterocycles. The van der Waals surface area contributed by atoms with Gasteiger partial charge in [0.05, 0.1) is 5.92 Å². The number of carbonyl (C=O) groups excluding carboxylic acids is 1. The lowest BCUT2D eigenvalue weighted by atomic mass is 10.1. The van der Waals surface area contributed by atoms with Crippen LogP contribution in [0.3, 0.4) is 0 Å². The van der Waals surface area contributed by atoms with Crippen molar-refractivity contribution in [2.75, 3.05) is 0 Å². The van der Waals surface area contributed by atoms with Crippen LogP contribution < -0.4 is 0 Å². The molecule has 0 unspecified atom stereocenters. The van der Waals surface area contributed by atoms with Gasteiger partial charge in [0.25, 0.3) is 0 Å². The lowest BCUT2D eigenvalue weighted by Crippen LogP contribution is -2.15. The fourth-order valence-corrected chi connectivity index (χ4v) is 1.33. The van der Waals surface area contributed by atoms with Crippen LogP contribution in [0.2, 0.25) is 0 Å². The molecule has 0 fully saturated rings. The van der Waals surface area contributed by atoms with Crippen molar-refractivity contribution in [1.82, 2.24) is 0 Å². The van der Waals surface area contributed by atoms with Crippen molar-refractivity contribution < 1.29 is 9.53 Å². The van der Waals surface area contributed by atoms with E-state index in [9.17, 15) is 4.79 Å². The highest BCUT2D eigenvalue weighted by molar-refractivity contribution is 5.71. The van der Waals surface area contributed by atoms with Crippen LogP contribution in [0.15, 0.2) is 30.3 Å². The Labute approximate surface area is 91.3 Å². The second-order valence-corrected chi connectivity index (χ2v) is 3.90. The second kappa shape index (κ2) is 5.54. The number of esters is 1. The molecule has 1 aromatic rings. The van der Waals surface area contributed by atoms with E-state index >= 15 is 0 Å². The lowest BCUT2D eigenvalue weighted by Gasteiger charge is -2.17. The molecule has 1 rings (SSSR count). The van der Waals surface area contributed by atoms with Crippen LogP contribution in [-0.4, -0.2) is 5.97 Å². The molecule has 1 atom stereocenters. The summed E-state index contributed by atoms with van der Waals surface area (Å²) >= 11 is 0. The monoisotopic (exact) mass is 206 g/mol. The number of rotatable bonds is 4. The van der Waals surface area contributed by atoms with Crippen molar-refractivity contribution in [3.05, 3.63) is 35.9 Å². The van der Waals surface area contributed by atoms with Crippen molar-refractivity contribution in [2.45, 2.75) is 33.3 Å². The first-order valence-corrected chi connectivity index (χ1v) is 5.40. The molecule has 0 saturated heterocycles. The molecule has 1 aromatic carbocycles. The average molecular weight is 206 g/mol. The van der Waals surface area contributed by atoms with E-state index in [1.165, 1.54) is 0 Å². The molecule has 0 aliphatic heterocycles. The van der Waals surface area contributed by atoms with Gasteiger partial charge in [-0.1, -0.05) is 51.1 Å². The second-order valence-electron chi connectivity index (χ2n) is 3.90. The van der Waals surface area contributed by atoms with Crippen molar-refractivity contribution >= 4 is 5.97 Å². The molecule has 15 heavy (non-hydrogen) atoms. The molecule has 0 aliphatic rings. The Morgan fingerprint density at radius 1 is 1.27 bits per heavy atom. The first-order valence-electron chi connectivity index (χ1n) is 5.40. The van der Waals surface area contributed by atoms with Gasteiger partial charge in [-0.15, -0.1) is 0 Å². The minimum atomic E-state index is -0.134. The number of benzene rings is 1. The van der Waals surface area contributed by atoms with Crippen LogP contribution in [0.1, 0.15) is 38.9 Å². The van der Waals surface area contributed by atoms with E-state index < -0.39 is 0 Å². The minimum absolute atomic E-state index is 0.0669. The first kappa shape index (κ1) is 11.8. The van der Waals surface area contributed by atoms with Gasteiger partial charge in [-0.25, -0.2) is 0 Å². The van der Waals surface area contributed by atoms with E-state index in [4.69, 9.17) is 4.74 Å². The molecule has 0 amide bonds. The van der Waals surface area contributed by atoms with Crippen LogP contribution in [0, 0.1) is 5.92 Å². The maximum absolute atomic E-state index is 11.5. The largest absolute Gasteiger partial charge is 0.457 e. The zero-order valence-corrected chi connectivity index (χ0v) is 9.57. The molecule has 0 heterocycles. The number of carbonyl (C=O) groups is 1. The summed E-state index contributed by atoms with van der Waals surface area (Å²) in [5.74, 6) is -0.200. The zero-order chi connectivity index (χ0) is 11.3. The predicted octanol–water partition coefficient (Wildman–Crippen LogP) is 3.34. The van der Waals surface area contributed by atoms with E-state index in [1.54, 1.807) is 0 Å². The Hall–Kier alpha value is -1.31. The molecule has 82 valence electrons. The molecular formula is C13H18O2. The van der Waals surface area contributed by atoms with Gasteiger partial charge < -0.3 is 4.74 Å². The van der Waals surface area contributed by atoms with Crippen LogP contribution >= 0.6 is 0 Å². The maximum Gasteiger partial charge on any atom is 0.308 e. The first-order chi connectivity index (χ1) is 7.15. The third-order valence-corrected chi connectivity index (χ3v) is 2.27. The summed E-state index contributed by atoms with van der Waals surface area (Å²) in [4.78, 5) is 11.5. The predicted molar refractivity (Wildman–Crippen MR) is 60.4 cm³/mol. The van der Waals surface area contributed by atoms with E-state index in [0.717, 1.165) is 12.0 Å². The maximum atomic E-state index is 11.5. The standard InChI is InChI=1S/C13H18O2/c1-4-12(15-13(14)10(2)3)11-8-6-5-7-9-11/h5-10,12H,4H2,1-3H3/t12-/m1/s1. The summed E-state index contributed by atoms with van der Waals surface area (Å²) in [6.45, 7) is 5.71. The molecule has 2 heteroatoms. The molecule has 2 nitrogen and oxygen atoms in total. The van der Waals surface area contributed by atoms with Gasteiger partial charge in [0.2, 0.25) is 0 Å². The van der Waals surface area contributed by atoms with Crippen molar-refractivity contribution in [3.63, 3.8) is 0 Å². The third-order valence-electron chi connectivity index (χ3n) is 2.27. The lowest BCUT2D eigenvalue weighted by molar-refractivity contribution is -0.153. The SMILES string of the molecule is CC[C@@H](OC(=O)C(C)C)c1ccccc1. The topological polar surface area (TPSA) is 26.3 Å². The number of ether oxygens (including phenoxy) is 1. The normalized spacial score (nSPS) is 12.5. The highest BCUT2D eigenvalue weighted by atomic mass is 16.5. The van der Waals surface area contributed by atoms with Crippen molar-refractivity contribution in [1.29, 1.82) is 0 Å². The summed E-state index contributed by atoms with van der Waals surface area (Å²) < 4.78 is 5.41. The van der Waals surface area contributed by atoms with E-state index in [1.807, 2.05) is 51.1 Å². The molecule has 0 radical (unpaired) electrons. The quantitative estimate of drug-likeness (QED) is 0.706. The summed E-state index contributed by atoms with van der Waals surface area (Å²) in [6.07, 6.45) is 0.698. The molecule has 0 N–H and O–H groups in total. The summed E-state index contributed by atoms with van der Waals surface area (Å²) in [7, 11) is 0. The summed E-state index contributed by atoms with van der Waals surface area (Å²) in [5, 5.41) is 0. The molecule has 0 saturated carbocycles. The smallest absolute Gasteiger partial charge is 0.308 e. The van der Waals surface area contributed by atoms with Gasteiger partial charge in [0.15, 0.2) is 0 Å². The van der Waals surface area contributed by atoms with Gasteiger partial charge in [-0.2, -0.15) is 0 Å². The highest BCUT2D eigenvalue weighted by Crippen LogP contribution is 2.21. The Morgan fingerprint density at radius 2 is 1.87 bits per heavy atom. The van der Waals surface area contributed by atoms with Gasteiger partial charge >= 0.3 is 5.97 Å². The van der Waals surface area contributed by atoms with Gasteiger partial charge in [-0.3, -0.25) is 4.79 Å². The Balaban J connectivity index is 2.69. The van der Waals surface area contributed by atoms with Crippen LogP contribution in [0.25, 0.3) is 0 Å². The van der Waals surface area contributed by atoms with E-state index in [0.29, 0.717) is 0 Å². The van der Waals surface area contributed by atoms with Crippen LogP contribution in [-0.2, 0) is 9.53 Å². The summed E-state index contributed by atoms with van der Waals surface area (Å²) in [6, 6.07) is 9.85. The molecule has 0 aliphatic carbocycles. The third kappa shape index (κ3) is 3.39. The Bertz CT molecular complexity index is 304. The zero-order valence-electron chi connectivity index (χ0n) is 9.57. The molecule has 0 bridgehead atoms. The molecule has 0 spiro atoms. The summed E-state index contributed by atoms with van der Waals surface area (Å²) in [5.41, 5.74) is 1.06. The number of hydrogen-bond acceptors (Lipinski definition) is 2. The van der Waals surface area contributed by atoms with Crippen LogP contribution in [0.4, 0.5) is 0 Å². The Morgan fingerprint density at radius 3 is 2.33 bits per heavy atom. The van der Waals surface area contributed by atoms with Gasteiger partial charge in [0, 0.05) is 0 Å².